The van der Waals surface area contributed by atoms with Gasteiger partial charge in [-0.15, -0.1) is 0 Å². The minimum atomic E-state index is -0.0909. The molecule has 0 saturated heterocycles. The van der Waals surface area contributed by atoms with Gasteiger partial charge >= 0.3 is 16.5 Å². The Hall–Kier alpha value is 0.924. The molecule has 0 bridgehead atoms. The third kappa shape index (κ3) is 12.5. The van der Waals surface area contributed by atoms with Gasteiger partial charge in [0.15, 0.2) is 0 Å². The van der Waals surface area contributed by atoms with Gasteiger partial charge in [0.05, 0.1) is 35.0 Å². The first-order chi connectivity index (χ1) is 17.9. The zero-order valence-corrected chi connectivity index (χ0v) is 27.8. The van der Waals surface area contributed by atoms with Crippen molar-refractivity contribution in [3.63, 3.8) is 0 Å². The Balaban J connectivity index is 0.000000464. The molecule has 5 rings (SSSR count). The molecule has 0 N–H and O–H groups in total. The van der Waals surface area contributed by atoms with Crippen molar-refractivity contribution in [1.29, 1.82) is 0 Å². The number of hydrogen-bond donors (Lipinski definition) is 0. The summed E-state index contributed by atoms with van der Waals surface area (Å²) in [5.74, 6) is 0. The van der Waals surface area contributed by atoms with Crippen LogP contribution in [0.1, 0.15) is 128 Å². The quantitative estimate of drug-likeness (QED) is 0.129. The summed E-state index contributed by atoms with van der Waals surface area (Å²) in [6, 6.07) is 12.5. The first-order valence-electron chi connectivity index (χ1n) is 15.9. The minimum absolute atomic E-state index is 0. The van der Waals surface area contributed by atoms with E-state index < -0.39 is 0 Å². The second-order valence-corrected chi connectivity index (χ2v) is 18.6. The molecule has 0 heterocycles. The van der Waals surface area contributed by atoms with Crippen molar-refractivity contribution in [2.75, 3.05) is 18.6 Å². The zero-order valence-electron chi connectivity index (χ0n) is 24.0. The summed E-state index contributed by atoms with van der Waals surface area (Å²) in [6.07, 6.45) is 37.1. The molecule has 4 aliphatic rings. The fourth-order valence-electron chi connectivity index (χ4n) is 8.01. The predicted molar refractivity (Wildman–Crippen MR) is 172 cm³/mol. The molecule has 1 aromatic carbocycles. The molecule has 37 heavy (non-hydrogen) atoms. The van der Waals surface area contributed by atoms with Crippen LogP contribution in [0.4, 0.5) is 0 Å². The van der Waals surface area contributed by atoms with Crippen LogP contribution in [-0.2, 0) is 29.1 Å². The number of rotatable bonds is 7. The average Bonchev–Trinajstić information content (AvgIpc) is 2.99. The summed E-state index contributed by atoms with van der Waals surface area (Å²) >= 11 is 4.08. The minimum Gasteiger partial charge on any atom is -0.796 e. The fourth-order valence-corrected chi connectivity index (χ4v) is 17.9. The van der Waals surface area contributed by atoms with Gasteiger partial charge in [-0.25, -0.2) is 0 Å². The Morgan fingerprint density at radius 1 is 0.486 bits per heavy atom. The van der Waals surface area contributed by atoms with Crippen LogP contribution in [0.2, 0.25) is 0 Å². The summed E-state index contributed by atoms with van der Waals surface area (Å²) in [4.78, 5) is 0. The van der Waals surface area contributed by atoms with Crippen LogP contribution in [0.5, 0.6) is 0 Å². The van der Waals surface area contributed by atoms with Crippen molar-refractivity contribution >= 4 is 28.5 Å². The second-order valence-electron chi connectivity index (χ2n) is 12.1. The van der Waals surface area contributed by atoms with E-state index in [2.05, 4.69) is 18.7 Å². The van der Waals surface area contributed by atoms with Crippen LogP contribution >= 0.6 is 15.8 Å². The summed E-state index contributed by atoms with van der Waals surface area (Å²) in [5.41, 5.74) is 4.90. The van der Waals surface area contributed by atoms with Gasteiger partial charge in [0.25, 0.3) is 0 Å². The average molecular weight is 608 g/mol. The maximum absolute atomic E-state index is 4.08. The molecule has 0 spiro atoms. The van der Waals surface area contributed by atoms with Crippen molar-refractivity contribution in [2.45, 2.75) is 151 Å². The van der Waals surface area contributed by atoms with E-state index in [1.807, 2.05) is 30.3 Å². The molecule has 0 aliphatic heterocycles. The van der Waals surface area contributed by atoms with Crippen molar-refractivity contribution in [3.05, 3.63) is 36.4 Å². The van der Waals surface area contributed by atoms with Gasteiger partial charge in [-0.05, 0) is 103 Å². The normalized spacial score (nSPS) is 22.4. The standard InChI is InChI=1S/C26H48P2.C6H5.CH4S.Ni/c1-5-13-23(14-6-1)27(24-15-7-2-8-16-24)21-22-28(25-17-9-3-10-18-25)26-19-11-4-12-20-26;1-2-4-6-5-3-1;1-2;/h23-26H,1-22H2;1-5H;2H,1H3;/q;-1;;+2/p+1. The Bertz CT molecular complexity index is 518. The zero-order chi connectivity index (χ0) is 25.3. The van der Waals surface area contributed by atoms with Gasteiger partial charge in [-0.2, -0.15) is 42.7 Å². The molecule has 4 fully saturated rings. The van der Waals surface area contributed by atoms with E-state index in [1.54, 1.807) is 147 Å². The molecule has 0 aromatic heterocycles. The summed E-state index contributed by atoms with van der Waals surface area (Å²) in [5, 5.41) is 0. The third-order valence-electron chi connectivity index (χ3n) is 9.83. The van der Waals surface area contributed by atoms with E-state index in [0.29, 0.717) is 0 Å². The van der Waals surface area contributed by atoms with Crippen molar-refractivity contribution < 1.29 is 16.5 Å². The van der Waals surface area contributed by atoms with Crippen LogP contribution in [-0.4, -0.2) is 41.2 Å². The van der Waals surface area contributed by atoms with Gasteiger partial charge in [-0.1, -0.05) is 25.7 Å². The Labute approximate surface area is 249 Å². The van der Waals surface area contributed by atoms with Crippen LogP contribution < -0.4 is 0 Å². The van der Waals surface area contributed by atoms with Crippen molar-refractivity contribution in [1.82, 2.24) is 0 Å². The van der Waals surface area contributed by atoms with E-state index in [-0.39, 0.29) is 32.3 Å². The van der Waals surface area contributed by atoms with Crippen LogP contribution in [0.15, 0.2) is 30.3 Å². The van der Waals surface area contributed by atoms with Crippen LogP contribution in [0, 0.1) is 6.07 Å². The molecule has 4 saturated carbocycles. The fraction of sp³-hybridized carbons (Fsp3) is 0.818. The molecule has 0 atom stereocenters. The first-order valence-corrected chi connectivity index (χ1v) is 20.5. The second kappa shape index (κ2) is 21.6. The summed E-state index contributed by atoms with van der Waals surface area (Å²) in [6.45, 7) is 0. The topological polar surface area (TPSA) is 0 Å². The van der Waals surface area contributed by atoms with Crippen molar-refractivity contribution in [2.24, 2.45) is 0 Å². The van der Waals surface area contributed by atoms with E-state index in [1.165, 1.54) is 22.6 Å². The Kier molecular flexibility index (Phi) is 20.0. The summed E-state index contributed by atoms with van der Waals surface area (Å²) in [7, 11) is -0.182. The van der Waals surface area contributed by atoms with E-state index >= 15 is 0 Å². The molecule has 0 nitrogen and oxygen atoms in total. The molecule has 4 aliphatic carbocycles. The molecule has 4 heteroatoms. The van der Waals surface area contributed by atoms with E-state index in [0.717, 1.165) is 0 Å². The molecule has 1 aromatic rings. The smallest absolute Gasteiger partial charge is 0.796 e. The van der Waals surface area contributed by atoms with Crippen LogP contribution in [0.3, 0.4) is 0 Å². The largest absolute Gasteiger partial charge is 2.00 e. The maximum atomic E-state index is 4.08. The molecule has 0 unspecified atom stereocenters. The van der Waals surface area contributed by atoms with Gasteiger partial charge in [0, 0.05) is 15.8 Å². The van der Waals surface area contributed by atoms with E-state index in [4.69, 9.17) is 0 Å². The van der Waals surface area contributed by atoms with Crippen LogP contribution in [0.25, 0.3) is 0 Å². The summed E-state index contributed by atoms with van der Waals surface area (Å²) < 4.78 is 0. The van der Waals surface area contributed by atoms with E-state index in [9.17, 15) is 0 Å². The molecular weight excluding hydrogens is 549 g/mol. The number of hydrogen-bond acceptors (Lipinski definition) is 1. The monoisotopic (exact) mass is 606 g/mol. The molecule has 0 amide bonds. The third-order valence-corrected chi connectivity index (χ3v) is 18.5. The Morgan fingerprint density at radius 2 is 0.757 bits per heavy atom. The maximum Gasteiger partial charge on any atom is 2.00 e. The van der Waals surface area contributed by atoms with Crippen molar-refractivity contribution in [3.8, 4) is 0 Å². The SMILES string of the molecule is C1CCC([PH+](CC[PH+](C2CCCCC2)C2CCCCC2)C2CCCCC2)CC1.C[S-].[Ni+2].[c-]1ccccc1. The Morgan fingerprint density at radius 3 is 0.946 bits per heavy atom. The van der Waals surface area contributed by atoms with Gasteiger partial charge in [0.2, 0.25) is 0 Å². The van der Waals surface area contributed by atoms with Gasteiger partial charge in [0.1, 0.15) is 0 Å². The molecular formula is C33H58NiP2S+2. The molecule has 0 radical (unpaired) electrons. The predicted octanol–water partition coefficient (Wildman–Crippen LogP) is 10.4. The van der Waals surface area contributed by atoms with Gasteiger partial charge < -0.3 is 12.6 Å². The van der Waals surface area contributed by atoms with Gasteiger partial charge in [-0.3, -0.25) is 0 Å². The number of benzene rings is 1. The first kappa shape index (κ1) is 34.1. The molecule has 214 valence electrons.